The maximum atomic E-state index is 5.37. The minimum Gasteiger partial charge on any atom is -0.381 e. The number of aromatic nitrogens is 2. The number of ether oxygens (including phenoxy) is 1. The van der Waals surface area contributed by atoms with E-state index in [9.17, 15) is 0 Å². The molecule has 1 aromatic carbocycles. The van der Waals surface area contributed by atoms with Gasteiger partial charge in [-0.25, -0.2) is 4.98 Å². The fraction of sp³-hybridized carbons (Fsp3) is 0.333. The van der Waals surface area contributed by atoms with Gasteiger partial charge in [-0.3, -0.25) is 4.98 Å². The Morgan fingerprint density at radius 2 is 2.21 bits per heavy atom. The monoisotopic (exact) mass is 318 g/mol. The normalized spacial score (nSPS) is 19.5. The molecule has 3 rings (SSSR count). The average molecular weight is 319 g/mol. The van der Waals surface area contributed by atoms with Crippen LogP contribution < -0.4 is 0 Å². The van der Waals surface area contributed by atoms with E-state index in [1.165, 1.54) is 5.57 Å². The molecule has 3 nitrogen and oxygen atoms in total. The van der Waals surface area contributed by atoms with Crippen LogP contribution in [0.1, 0.15) is 25.0 Å². The van der Waals surface area contributed by atoms with Gasteiger partial charge < -0.3 is 4.74 Å². The number of fused-ring (bicyclic) bond motifs is 1. The highest BCUT2D eigenvalue weighted by atomic mass is 79.9. The van der Waals surface area contributed by atoms with Crippen molar-refractivity contribution in [2.24, 2.45) is 0 Å². The van der Waals surface area contributed by atoms with Crippen molar-refractivity contribution in [3.05, 3.63) is 40.6 Å². The zero-order valence-electron chi connectivity index (χ0n) is 10.8. The number of benzene rings is 1. The number of rotatable bonds is 2. The number of nitrogens with zero attached hydrogens (tertiary/aromatic N) is 2. The van der Waals surface area contributed by atoms with E-state index >= 15 is 0 Å². The van der Waals surface area contributed by atoms with Crippen LogP contribution in [0.2, 0.25) is 0 Å². The van der Waals surface area contributed by atoms with Gasteiger partial charge in [-0.05, 0) is 43.0 Å². The fourth-order valence-electron chi connectivity index (χ4n) is 2.40. The zero-order chi connectivity index (χ0) is 13.2. The maximum Gasteiger partial charge on any atom is 0.0898 e. The average Bonchev–Trinajstić information content (AvgIpc) is 2.47. The van der Waals surface area contributed by atoms with E-state index in [0.29, 0.717) is 6.10 Å². The van der Waals surface area contributed by atoms with Crippen LogP contribution in [-0.2, 0) is 4.74 Å². The summed E-state index contributed by atoms with van der Waals surface area (Å²) < 4.78 is 6.40. The molecule has 0 radical (unpaired) electrons. The topological polar surface area (TPSA) is 35.0 Å². The molecular formula is C15H15BrN2O. The summed E-state index contributed by atoms with van der Waals surface area (Å²) in [6, 6.07) is 5.98. The Bertz CT molecular complexity index is 639. The minimum absolute atomic E-state index is 0.355. The molecule has 1 atom stereocenters. The lowest BCUT2D eigenvalue weighted by Crippen LogP contribution is -2.13. The molecule has 0 spiro atoms. The van der Waals surface area contributed by atoms with Crippen LogP contribution in [0.4, 0.5) is 0 Å². The Balaban J connectivity index is 1.93. The lowest BCUT2D eigenvalue weighted by Gasteiger charge is -2.20. The smallest absolute Gasteiger partial charge is 0.0898 e. The Morgan fingerprint density at radius 3 is 2.95 bits per heavy atom. The highest BCUT2D eigenvalue weighted by molar-refractivity contribution is 9.10. The molecule has 0 aliphatic heterocycles. The van der Waals surface area contributed by atoms with E-state index in [4.69, 9.17) is 9.72 Å². The quantitative estimate of drug-likeness (QED) is 0.840. The van der Waals surface area contributed by atoms with Crippen molar-refractivity contribution in [1.82, 2.24) is 9.97 Å². The summed E-state index contributed by atoms with van der Waals surface area (Å²) in [6.07, 6.45) is 7.48. The Kier molecular flexibility index (Phi) is 3.62. The number of methoxy groups -OCH3 is 1. The summed E-state index contributed by atoms with van der Waals surface area (Å²) in [5, 5.41) is 0. The second-order valence-corrected chi connectivity index (χ2v) is 5.67. The van der Waals surface area contributed by atoms with Crippen molar-refractivity contribution in [2.45, 2.75) is 25.4 Å². The molecule has 98 valence electrons. The van der Waals surface area contributed by atoms with Gasteiger partial charge >= 0.3 is 0 Å². The van der Waals surface area contributed by atoms with Gasteiger partial charge in [0.15, 0.2) is 0 Å². The molecule has 0 saturated heterocycles. The van der Waals surface area contributed by atoms with Gasteiger partial charge in [0.2, 0.25) is 0 Å². The van der Waals surface area contributed by atoms with E-state index in [0.717, 1.165) is 40.5 Å². The van der Waals surface area contributed by atoms with Gasteiger partial charge in [0.05, 0.1) is 29.0 Å². The van der Waals surface area contributed by atoms with E-state index in [2.05, 4.69) is 27.0 Å². The van der Waals surface area contributed by atoms with Crippen LogP contribution in [0.25, 0.3) is 16.6 Å². The first-order valence-electron chi connectivity index (χ1n) is 6.41. The van der Waals surface area contributed by atoms with E-state index in [1.807, 2.05) is 24.4 Å². The van der Waals surface area contributed by atoms with Crippen LogP contribution in [0.5, 0.6) is 0 Å². The van der Waals surface area contributed by atoms with Gasteiger partial charge in [-0.2, -0.15) is 0 Å². The first-order chi connectivity index (χ1) is 9.26. The molecule has 1 aliphatic rings. The van der Waals surface area contributed by atoms with Crippen molar-refractivity contribution < 1.29 is 4.74 Å². The van der Waals surface area contributed by atoms with Crippen LogP contribution in [0.3, 0.4) is 0 Å². The second kappa shape index (κ2) is 5.39. The number of hydrogen-bond acceptors (Lipinski definition) is 3. The summed E-state index contributed by atoms with van der Waals surface area (Å²) in [7, 11) is 1.77. The Morgan fingerprint density at radius 1 is 1.32 bits per heavy atom. The van der Waals surface area contributed by atoms with Crippen LogP contribution in [0.15, 0.2) is 34.9 Å². The molecule has 0 saturated carbocycles. The largest absolute Gasteiger partial charge is 0.381 e. The first-order valence-corrected chi connectivity index (χ1v) is 7.20. The summed E-state index contributed by atoms with van der Waals surface area (Å²) in [5.41, 5.74) is 4.13. The van der Waals surface area contributed by atoms with Crippen molar-refractivity contribution in [3.8, 4) is 0 Å². The third-order valence-corrected chi connectivity index (χ3v) is 4.02. The SMILES string of the molecule is COC1CC=C(c2cnc3cc(Br)ccc3n2)CC1. The molecule has 0 bridgehead atoms. The van der Waals surface area contributed by atoms with Crippen molar-refractivity contribution in [3.63, 3.8) is 0 Å². The second-order valence-electron chi connectivity index (χ2n) is 4.75. The van der Waals surface area contributed by atoms with Crippen LogP contribution >= 0.6 is 15.9 Å². The molecule has 0 amide bonds. The first kappa shape index (κ1) is 12.8. The number of allylic oxidation sites excluding steroid dienone is 1. The number of hydrogen-bond donors (Lipinski definition) is 0. The molecule has 4 heteroatoms. The lowest BCUT2D eigenvalue weighted by molar-refractivity contribution is 0.0964. The van der Waals surface area contributed by atoms with E-state index in [1.54, 1.807) is 7.11 Å². The molecule has 2 aromatic rings. The van der Waals surface area contributed by atoms with Crippen molar-refractivity contribution in [1.29, 1.82) is 0 Å². The fourth-order valence-corrected chi connectivity index (χ4v) is 2.74. The molecule has 19 heavy (non-hydrogen) atoms. The van der Waals surface area contributed by atoms with E-state index < -0.39 is 0 Å². The molecule has 0 N–H and O–H groups in total. The third kappa shape index (κ3) is 2.69. The molecule has 1 unspecified atom stereocenters. The third-order valence-electron chi connectivity index (χ3n) is 3.53. The maximum absolute atomic E-state index is 5.37. The molecule has 1 aliphatic carbocycles. The minimum atomic E-state index is 0.355. The van der Waals surface area contributed by atoms with E-state index in [-0.39, 0.29) is 0 Å². The number of halogens is 1. The molecule has 1 aromatic heterocycles. The highest BCUT2D eigenvalue weighted by Crippen LogP contribution is 2.27. The highest BCUT2D eigenvalue weighted by Gasteiger charge is 2.15. The Labute approximate surface area is 120 Å². The zero-order valence-corrected chi connectivity index (χ0v) is 12.4. The van der Waals surface area contributed by atoms with Gasteiger partial charge in [0.25, 0.3) is 0 Å². The molecule has 1 heterocycles. The van der Waals surface area contributed by atoms with Gasteiger partial charge in [-0.1, -0.05) is 22.0 Å². The Hall–Kier alpha value is -1.26. The van der Waals surface area contributed by atoms with Crippen molar-refractivity contribution >= 4 is 32.5 Å². The van der Waals surface area contributed by atoms with Gasteiger partial charge in [-0.15, -0.1) is 0 Å². The van der Waals surface area contributed by atoms with Crippen molar-refractivity contribution in [2.75, 3.05) is 7.11 Å². The van der Waals surface area contributed by atoms with Gasteiger partial charge in [0.1, 0.15) is 0 Å². The summed E-state index contributed by atoms with van der Waals surface area (Å²) in [4.78, 5) is 9.19. The summed E-state index contributed by atoms with van der Waals surface area (Å²) >= 11 is 3.45. The molecule has 0 fully saturated rings. The molecular weight excluding hydrogens is 304 g/mol. The van der Waals surface area contributed by atoms with Gasteiger partial charge in [0, 0.05) is 11.6 Å². The standard InChI is InChI=1S/C15H15BrN2O/c1-19-12-5-2-10(3-6-12)15-9-17-14-8-11(16)4-7-13(14)18-15/h2,4,7-9,12H,3,5-6H2,1H3. The predicted molar refractivity (Wildman–Crippen MR) is 79.9 cm³/mol. The lowest BCUT2D eigenvalue weighted by atomic mass is 9.95. The summed E-state index contributed by atoms with van der Waals surface area (Å²) in [6.45, 7) is 0. The summed E-state index contributed by atoms with van der Waals surface area (Å²) in [5.74, 6) is 0. The van der Waals surface area contributed by atoms with Crippen LogP contribution in [0, 0.1) is 0 Å². The predicted octanol–water partition coefficient (Wildman–Crippen LogP) is 3.97. The van der Waals surface area contributed by atoms with Crippen LogP contribution in [-0.4, -0.2) is 23.2 Å².